The van der Waals surface area contributed by atoms with E-state index in [0.717, 1.165) is 43.0 Å². The van der Waals surface area contributed by atoms with E-state index in [-0.39, 0.29) is 11.8 Å². The second-order valence-electron chi connectivity index (χ2n) is 6.59. The first kappa shape index (κ1) is 17.9. The van der Waals surface area contributed by atoms with Crippen LogP contribution in [0.1, 0.15) is 42.1 Å². The van der Waals surface area contributed by atoms with Crippen molar-refractivity contribution in [1.29, 1.82) is 0 Å². The van der Waals surface area contributed by atoms with Crippen LogP contribution >= 0.6 is 0 Å². The van der Waals surface area contributed by atoms with Crippen LogP contribution in [-0.4, -0.2) is 29.9 Å². The van der Waals surface area contributed by atoms with Gasteiger partial charge in [0, 0.05) is 37.6 Å². The molecule has 1 aliphatic rings. The van der Waals surface area contributed by atoms with E-state index in [9.17, 15) is 9.59 Å². The van der Waals surface area contributed by atoms with Crippen molar-refractivity contribution in [2.24, 2.45) is 0 Å². The van der Waals surface area contributed by atoms with Crippen molar-refractivity contribution in [1.82, 2.24) is 4.98 Å². The summed E-state index contributed by atoms with van der Waals surface area (Å²) in [6.45, 7) is 5.23. The van der Waals surface area contributed by atoms with E-state index in [1.54, 1.807) is 24.4 Å². The zero-order valence-electron chi connectivity index (χ0n) is 15.2. The number of nitrogens with one attached hydrogen (secondary N) is 2. The zero-order valence-corrected chi connectivity index (χ0v) is 15.2. The van der Waals surface area contributed by atoms with Crippen LogP contribution in [0.4, 0.5) is 17.2 Å². The number of carbonyl (C=O) groups excluding carboxylic acids is 2. The Balaban J connectivity index is 1.78. The minimum atomic E-state index is -0.176. The van der Waals surface area contributed by atoms with Gasteiger partial charge in [0.1, 0.15) is 5.82 Å². The summed E-state index contributed by atoms with van der Waals surface area (Å²) < 4.78 is 0. The van der Waals surface area contributed by atoms with E-state index in [0.29, 0.717) is 11.3 Å². The number of amides is 2. The smallest absolute Gasteiger partial charge is 0.259 e. The topological polar surface area (TPSA) is 74.3 Å². The molecule has 0 radical (unpaired) electrons. The van der Waals surface area contributed by atoms with Gasteiger partial charge in [0.05, 0.1) is 5.56 Å². The van der Waals surface area contributed by atoms with Gasteiger partial charge in [-0.1, -0.05) is 0 Å². The minimum Gasteiger partial charge on any atom is -0.356 e. The molecule has 2 heterocycles. The molecular weight excluding hydrogens is 328 g/mol. The Kier molecular flexibility index (Phi) is 5.51. The minimum absolute atomic E-state index is 0.119. The number of hydrogen-bond acceptors (Lipinski definition) is 4. The van der Waals surface area contributed by atoms with Gasteiger partial charge in [-0.15, -0.1) is 0 Å². The Bertz CT molecular complexity index is 813. The monoisotopic (exact) mass is 352 g/mol. The molecule has 1 aromatic carbocycles. The third kappa shape index (κ3) is 4.20. The van der Waals surface area contributed by atoms with E-state index in [1.165, 1.54) is 13.3 Å². The maximum absolute atomic E-state index is 12.8. The van der Waals surface area contributed by atoms with E-state index in [4.69, 9.17) is 0 Å². The number of pyridine rings is 1. The van der Waals surface area contributed by atoms with Gasteiger partial charge in [0.25, 0.3) is 5.91 Å². The molecule has 1 aliphatic heterocycles. The Morgan fingerprint density at radius 1 is 1.08 bits per heavy atom. The molecular formula is C20H24N4O2. The molecule has 1 saturated heterocycles. The quantitative estimate of drug-likeness (QED) is 0.882. The van der Waals surface area contributed by atoms with Crippen molar-refractivity contribution in [3.63, 3.8) is 0 Å². The predicted molar refractivity (Wildman–Crippen MR) is 104 cm³/mol. The van der Waals surface area contributed by atoms with Crippen LogP contribution in [0.25, 0.3) is 0 Å². The maximum Gasteiger partial charge on any atom is 0.259 e. The number of aryl methyl sites for hydroxylation is 1. The van der Waals surface area contributed by atoms with E-state index in [1.807, 2.05) is 19.1 Å². The fraction of sp³-hybridized carbons (Fsp3) is 0.350. The fourth-order valence-electron chi connectivity index (χ4n) is 3.20. The number of rotatable bonds is 4. The molecule has 0 aliphatic carbocycles. The van der Waals surface area contributed by atoms with Crippen LogP contribution < -0.4 is 15.5 Å². The highest BCUT2D eigenvalue weighted by molar-refractivity contribution is 6.07. The van der Waals surface area contributed by atoms with Crippen molar-refractivity contribution in [3.8, 4) is 0 Å². The average molecular weight is 352 g/mol. The molecule has 0 unspecified atom stereocenters. The van der Waals surface area contributed by atoms with Crippen molar-refractivity contribution < 1.29 is 9.59 Å². The average Bonchev–Trinajstić information content (AvgIpc) is 2.64. The molecule has 0 bridgehead atoms. The first-order valence-corrected chi connectivity index (χ1v) is 8.94. The molecule has 2 N–H and O–H groups in total. The number of aromatic nitrogens is 1. The molecule has 26 heavy (non-hydrogen) atoms. The maximum atomic E-state index is 12.8. The molecule has 6 heteroatoms. The van der Waals surface area contributed by atoms with Gasteiger partial charge >= 0.3 is 0 Å². The normalized spacial score (nSPS) is 14.0. The second kappa shape index (κ2) is 7.99. The van der Waals surface area contributed by atoms with Gasteiger partial charge in [-0.2, -0.15) is 0 Å². The van der Waals surface area contributed by atoms with Crippen LogP contribution in [0.2, 0.25) is 0 Å². The van der Waals surface area contributed by atoms with E-state index >= 15 is 0 Å². The molecule has 1 fully saturated rings. The Hall–Kier alpha value is -2.89. The summed E-state index contributed by atoms with van der Waals surface area (Å²) in [5.74, 6) is 0.452. The molecule has 2 aromatic rings. The molecule has 1 aromatic heterocycles. The SMILES string of the molecule is CC(=O)Nc1ccc(NC(=O)c2cccnc2N2CCCCC2)cc1C. The van der Waals surface area contributed by atoms with Crippen LogP contribution in [0.15, 0.2) is 36.5 Å². The third-order valence-electron chi connectivity index (χ3n) is 4.48. The number of hydrogen-bond donors (Lipinski definition) is 2. The number of benzene rings is 1. The Morgan fingerprint density at radius 3 is 2.54 bits per heavy atom. The van der Waals surface area contributed by atoms with Crippen molar-refractivity contribution >= 4 is 29.0 Å². The van der Waals surface area contributed by atoms with Crippen molar-refractivity contribution in [2.45, 2.75) is 33.1 Å². The highest BCUT2D eigenvalue weighted by Gasteiger charge is 2.19. The number of nitrogens with zero attached hydrogens (tertiary/aromatic N) is 2. The molecule has 0 atom stereocenters. The van der Waals surface area contributed by atoms with Gasteiger partial charge in [-0.25, -0.2) is 4.98 Å². The lowest BCUT2D eigenvalue weighted by Crippen LogP contribution is -2.32. The first-order valence-electron chi connectivity index (χ1n) is 8.94. The van der Waals surface area contributed by atoms with Gasteiger partial charge in [0.15, 0.2) is 0 Å². The summed E-state index contributed by atoms with van der Waals surface area (Å²) in [4.78, 5) is 30.6. The summed E-state index contributed by atoms with van der Waals surface area (Å²) in [6, 6.07) is 9.02. The van der Waals surface area contributed by atoms with Gasteiger partial charge in [-0.3, -0.25) is 9.59 Å². The Morgan fingerprint density at radius 2 is 1.85 bits per heavy atom. The lowest BCUT2D eigenvalue weighted by Gasteiger charge is -2.29. The van der Waals surface area contributed by atoms with E-state index in [2.05, 4.69) is 20.5 Å². The first-order chi connectivity index (χ1) is 12.5. The fourth-order valence-corrected chi connectivity index (χ4v) is 3.20. The third-order valence-corrected chi connectivity index (χ3v) is 4.48. The Labute approximate surface area is 153 Å². The summed E-state index contributed by atoms with van der Waals surface area (Å²) >= 11 is 0. The van der Waals surface area contributed by atoms with E-state index < -0.39 is 0 Å². The number of carbonyl (C=O) groups is 2. The zero-order chi connectivity index (χ0) is 18.5. The molecule has 0 saturated carbocycles. The lowest BCUT2D eigenvalue weighted by molar-refractivity contribution is -0.114. The number of anilines is 3. The summed E-state index contributed by atoms with van der Waals surface area (Å²) in [6.07, 6.45) is 5.21. The summed E-state index contributed by atoms with van der Waals surface area (Å²) in [5, 5.41) is 5.71. The van der Waals surface area contributed by atoms with Crippen LogP contribution in [0.3, 0.4) is 0 Å². The van der Waals surface area contributed by atoms with Crippen molar-refractivity contribution in [3.05, 3.63) is 47.7 Å². The molecule has 136 valence electrons. The number of piperidine rings is 1. The van der Waals surface area contributed by atoms with Gasteiger partial charge in [0.2, 0.25) is 5.91 Å². The second-order valence-corrected chi connectivity index (χ2v) is 6.59. The van der Waals surface area contributed by atoms with Crippen LogP contribution in [-0.2, 0) is 4.79 Å². The highest BCUT2D eigenvalue weighted by atomic mass is 16.2. The summed E-state index contributed by atoms with van der Waals surface area (Å²) in [7, 11) is 0. The van der Waals surface area contributed by atoms with Crippen molar-refractivity contribution in [2.75, 3.05) is 28.6 Å². The molecule has 0 spiro atoms. The highest BCUT2D eigenvalue weighted by Crippen LogP contribution is 2.24. The molecule has 3 rings (SSSR count). The molecule has 6 nitrogen and oxygen atoms in total. The van der Waals surface area contributed by atoms with Gasteiger partial charge in [-0.05, 0) is 62.1 Å². The van der Waals surface area contributed by atoms with Crippen LogP contribution in [0, 0.1) is 6.92 Å². The molecule has 2 amide bonds. The van der Waals surface area contributed by atoms with Gasteiger partial charge < -0.3 is 15.5 Å². The largest absolute Gasteiger partial charge is 0.356 e. The van der Waals surface area contributed by atoms with Crippen LogP contribution in [0.5, 0.6) is 0 Å². The standard InChI is InChI=1S/C20H24N4O2/c1-14-13-16(8-9-18(14)22-15(2)25)23-20(26)17-7-6-10-21-19(17)24-11-4-3-5-12-24/h6-10,13H,3-5,11-12H2,1-2H3,(H,22,25)(H,23,26). The predicted octanol–water partition coefficient (Wildman–Crippen LogP) is 3.59. The summed E-state index contributed by atoms with van der Waals surface area (Å²) in [5.41, 5.74) is 2.90. The lowest BCUT2D eigenvalue weighted by atomic mass is 10.1.